The van der Waals surface area contributed by atoms with E-state index in [4.69, 9.17) is 4.74 Å². The second-order valence-electron chi connectivity index (χ2n) is 4.28. The summed E-state index contributed by atoms with van der Waals surface area (Å²) in [6, 6.07) is 5.63. The van der Waals surface area contributed by atoms with E-state index in [0.717, 1.165) is 28.6 Å². The average molecular weight is 231 g/mol. The molecular formula is C14H17NO2. The molecule has 0 fully saturated rings. The van der Waals surface area contributed by atoms with E-state index in [1.54, 1.807) is 0 Å². The van der Waals surface area contributed by atoms with Gasteiger partial charge in [0.15, 0.2) is 5.43 Å². The molecule has 0 saturated carbocycles. The summed E-state index contributed by atoms with van der Waals surface area (Å²) in [7, 11) is 1.94. The van der Waals surface area contributed by atoms with Crippen molar-refractivity contribution in [2.75, 3.05) is 6.61 Å². The van der Waals surface area contributed by atoms with Gasteiger partial charge >= 0.3 is 0 Å². The summed E-state index contributed by atoms with van der Waals surface area (Å²) in [5.74, 6) is 0.818. The molecule has 3 heteroatoms. The molecule has 0 aliphatic heterocycles. The fraction of sp³-hybridized carbons (Fsp3) is 0.357. The van der Waals surface area contributed by atoms with Crippen LogP contribution in [-0.4, -0.2) is 11.2 Å². The Bertz CT molecular complexity index is 599. The van der Waals surface area contributed by atoms with Crippen LogP contribution in [0.1, 0.15) is 18.9 Å². The van der Waals surface area contributed by atoms with Gasteiger partial charge < -0.3 is 9.30 Å². The average Bonchev–Trinajstić information content (AvgIpc) is 2.33. The van der Waals surface area contributed by atoms with Gasteiger partial charge in [-0.2, -0.15) is 0 Å². The van der Waals surface area contributed by atoms with Gasteiger partial charge in [0.1, 0.15) is 5.75 Å². The lowest BCUT2D eigenvalue weighted by Gasteiger charge is -2.09. The highest BCUT2D eigenvalue weighted by atomic mass is 16.5. The third-order valence-corrected chi connectivity index (χ3v) is 2.81. The largest absolute Gasteiger partial charge is 0.494 e. The third kappa shape index (κ3) is 2.18. The van der Waals surface area contributed by atoms with E-state index in [1.807, 2.05) is 42.9 Å². The van der Waals surface area contributed by atoms with Gasteiger partial charge in [-0.05, 0) is 25.5 Å². The number of pyridine rings is 1. The van der Waals surface area contributed by atoms with Crippen molar-refractivity contribution in [1.29, 1.82) is 0 Å². The van der Waals surface area contributed by atoms with Crippen LogP contribution in [0.4, 0.5) is 0 Å². The van der Waals surface area contributed by atoms with Crippen molar-refractivity contribution in [3.8, 4) is 5.75 Å². The molecule has 0 amide bonds. The molecule has 0 radical (unpaired) electrons. The fourth-order valence-corrected chi connectivity index (χ4v) is 1.94. The molecule has 0 saturated heterocycles. The molecule has 3 nitrogen and oxygen atoms in total. The smallest absolute Gasteiger partial charge is 0.192 e. The number of benzene rings is 1. The number of nitrogens with zero attached hydrogens (tertiary/aromatic N) is 1. The molecule has 1 aromatic carbocycles. The van der Waals surface area contributed by atoms with Crippen molar-refractivity contribution in [3.05, 3.63) is 40.2 Å². The first-order valence-corrected chi connectivity index (χ1v) is 5.86. The fourth-order valence-electron chi connectivity index (χ4n) is 1.94. The standard InChI is InChI=1S/C14H17NO2/c1-4-7-17-11-5-6-12-13(8-11)15(3)9-10(2)14(12)16/h5-6,8-9H,4,7H2,1-3H3. The minimum Gasteiger partial charge on any atom is -0.494 e. The van der Waals surface area contributed by atoms with Gasteiger partial charge in [-0.3, -0.25) is 4.79 Å². The van der Waals surface area contributed by atoms with Crippen molar-refractivity contribution < 1.29 is 4.74 Å². The Morgan fingerprint density at radius 3 is 2.82 bits per heavy atom. The molecule has 90 valence electrons. The molecule has 0 aliphatic carbocycles. The monoisotopic (exact) mass is 231 g/mol. The number of aromatic nitrogens is 1. The zero-order chi connectivity index (χ0) is 12.4. The summed E-state index contributed by atoms with van der Waals surface area (Å²) >= 11 is 0. The van der Waals surface area contributed by atoms with Gasteiger partial charge in [0, 0.05) is 30.3 Å². The van der Waals surface area contributed by atoms with E-state index in [2.05, 4.69) is 6.92 Å². The van der Waals surface area contributed by atoms with Gasteiger partial charge in [-0.15, -0.1) is 0 Å². The minimum absolute atomic E-state index is 0.0974. The predicted molar refractivity (Wildman–Crippen MR) is 69.7 cm³/mol. The van der Waals surface area contributed by atoms with Gasteiger partial charge in [-0.25, -0.2) is 0 Å². The molecule has 0 N–H and O–H groups in total. The molecule has 0 spiro atoms. The Hall–Kier alpha value is -1.77. The highest BCUT2D eigenvalue weighted by Gasteiger charge is 2.05. The maximum atomic E-state index is 12.0. The number of aryl methyl sites for hydroxylation is 2. The molecule has 2 rings (SSSR count). The zero-order valence-electron chi connectivity index (χ0n) is 10.5. The van der Waals surface area contributed by atoms with Crippen LogP contribution in [0.2, 0.25) is 0 Å². The van der Waals surface area contributed by atoms with E-state index in [0.29, 0.717) is 6.61 Å². The summed E-state index contributed by atoms with van der Waals surface area (Å²) in [5.41, 5.74) is 1.77. The number of hydrogen-bond donors (Lipinski definition) is 0. The van der Waals surface area contributed by atoms with Gasteiger partial charge in [0.2, 0.25) is 0 Å². The SMILES string of the molecule is CCCOc1ccc2c(=O)c(C)cn(C)c2c1. The molecule has 0 atom stereocenters. The van der Waals surface area contributed by atoms with Crippen molar-refractivity contribution in [3.63, 3.8) is 0 Å². The lowest BCUT2D eigenvalue weighted by atomic mass is 10.1. The van der Waals surface area contributed by atoms with Crippen LogP contribution in [-0.2, 0) is 7.05 Å². The summed E-state index contributed by atoms with van der Waals surface area (Å²) in [6.45, 7) is 4.61. The van der Waals surface area contributed by atoms with Crippen molar-refractivity contribution in [1.82, 2.24) is 4.57 Å². The zero-order valence-corrected chi connectivity index (χ0v) is 10.5. The Balaban J connectivity index is 2.58. The Morgan fingerprint density at radius 2 is 2.12 bits per heavy atom. The van der Waals surface area contributed by atoms with Crippen LogP contribution in [0.25, 0.3) is 10.9 Å². The summed E-state index contributed by atoms with van der Waals surface area (Å²) in [5, 5.41) is 0.747. The Labute approximate surface area is 101 Å². The van der Waals surface area contributed by atoms with Gasteiger partial charge in [0.05, 0.1) is 12.1 Å². The topological polar surface area (TPSA) is 31.2 Å². The Morgan fingerprint density at radius 1 is 1.35 bits per heavy atom. The summed E-state index contributed by atoms with van der Waals surface area (Å²) < 4.78 is 7.54. The number of ether oxygens (including phenoxy) is 1. The maximum absolute atomic E-state index is 12.0. The highest BCUT2D eigenvalue weighted by molar-refractivity contribution is 5.81. The van der Waals surface area contributed by atoms with Crippen LogP contribution in [0.15, 0.2) is 29.2 Å². The van der Waals surface area contributed by atoms with E-state index >= 15 is 0 Å². The van der Waals surface area contributed by atoms with E-state index in [1.165, 1.54) is 0 Å². The molecular weight excluding hydrogens is 214 g/mol. The molecule has 0 bridgehead atoms. The Kier molecular flexibility index (Phi) is 3.18. The molecule has 0 unspecified atom stereocenters. The molecule has 1 aromatic heterocycles. The van der Waals surface area contributed by atoms with Crippen molar-refractivity contribution in [2.45, 2.75) is 20.3 Å². The maximum Gasteiger partial charge on any atom is 0.192 e. The first-order valence-electron chi connectivity index (χ1n) is 5.86. The summed E-state index contributed by atoms with van der Waals surface area (Å²) in [4.78, 5) is 12.0. The predicted octanol–water partition coefficient (Wildman–Crippen LogP) is 2.64. The van der Waals surface area contributed by atoms with Crippen LogP contribution >= 0.6 is 0 Å². The first kappa shape index (κ1) is 11.7. The number of fused-ring (bicyclic) bond motifs is 1. The normalized spacial score (nSPS) is 10.8. The van der Waals surface area contributed by atoms with Crippen molar-refractivity contribution >= 4 is 10.9 Å². The molecule has 1 heterocycles. The molecule has 17 heavy (non-hydrogen) atoms. The van der Waals surface area contributed by atoms with Crippen LogP contribution in [0.5, 0.6) is 5.75 Å². The van der Waals surface area contributed by atoms with E-state index < -0.39 is 0 Å². The molecule has 2 aromatic rings. The van der Waals surface area contributed by atoms with Crippen LogP contribution < -0.4 is 10.2 Å². The second kappa shape index (κ2) is 4.62. The van der Waals surface area contributed by atoms with E-state index in [9.17, 15) is 4.79 Å². The summed E-state index contributed by atoms with van der Waals surface area (Å²) in [6.07, 6.45) is 2.83. The number of rotatable bonds is 3. The lowest BCUT2D eigenvalue weighted by Crippen LogP contribution is -2.10. The number of hydrogen-bond acceptors (Lipinski definition) is 2. The lowest BCUT2D eigenvalue weighted by molar-refractivity contribution is 0.318. The van der Waals surface area contributed by atoms with Crippen LogP contribution in [0.3, 0.4) is 0 Å². The van der Waals surface area contributed by atoms with E-state index in [-0.39, 0.29) is 5.43 Å². The van der Waals surface area contributed by atoms with Crippen molar-refractivity contribution in [2.24, 2.45) is 7.05 Å². The second-order valence-corrected chi connectivity index (χ2v) is 4.28. The van der Waals surface area contributed by atoms with Crippen LogP contribution in [0, 0.1) is 6.92 Å². The third-order valence-electron chi connectivity index (χ3n) is 2.81. The quantitative estimate of drug-likeness (QED) is 0.813. The first-order chi connectivity index (χ1) is 8.13. The molecule has 0 aliphatic rings. The van der Waals surface area contributed by atoms with Gasteiger partial charge in [-0.1, -0.05) is 6.92 Å². The minimum atomic E-state index is 0.0974. The highest BCUT2D eigenvalue weighted by Crippen LogP contribution is 2.18. The van der Waals surface area contributed by atoms with Gasteiger partial charge in [0.25, 0.3) is 0 Å².